The van der Waals surface area contributed by atoms with Crippen LogP contribution >= 0.6 is 0 Å². The minimum absolute atomic E-state index is 0.192. The Balaban J connectivity index is 2.73. The lowest BCUT2D eigenvalue weighted by molar-refractivity contribution is 0.171. The topological polar surface area (TPSA) is 83.2 Å². The van der Waals surface area contributed by atoms with Crippen LogP contribution in [0.2, 0.25) is 0 Å². The van der Waals surface area contributed by atoms with Crippen molar-refractivity contribution in [2.24, 2.45) is 0 Å². The normalized spacial score (nSPS) is 13.6. The smallest absolute Gasteiger partial charge is 0.242 e. The first-order valence-corrected chi connectivity index (χ1v) is 8.41. The Hall–Kier alpha value is -0.890. The maximum absolute atomic E-state index is 12.3. The molecule has 1 aromatic rings. The molecule has 6 nitrogen and oxygen atoms in total. The van der Waals surface area contributed by atoms with Crippen molar-refractivity contribution < 1.29 is 13.2 Å². The van der Waals surface area contributed by atoms with E-state index in [-0.39, 0.29) is 10.9 Å². The van der Waals surface area contributed by atoms with Gasteiger partial charge < -0.3 is 15.0 Å². The summed E-state index contributed by atoms with van der Waals surface area (Å²) in [7, 11) is -1.93. The number of hydrogen-bond acceptors (Lipinski definition) is 4. The van der Waals surface area contributed by atoms with Gasteiger partial charge in [-0.2, -0.15) is 0 Å². The third-order valence-electron chi connectivity index (χ3n) is 2.92. The quantitative estimate of drug-likeness (QED) is 0.607. The summed E-state index contributed by atoms with van der Waals surface area (Å²) in [4.78, 5) is 3.24. The first kappa shape index (κ1) is 17.2. The average Bonchev–Trinajstić information content (AvgIpc) is 2.86. The first-order chi connectivity index (χ1) is 9.53. The van der Waals surface area contributed by atoms with Crippen LogP contribution in [0.4, 0.5) is 0 Å². The minimum atomic E-state index is -3.50. The first-order valence-electron chi connectivity index (χ1n) is 6.92. The van der Waals surface area contributed by atoms with Gasteiger partial charge in [-0.15, -0.1) is 0 Å². The van der Waals surface area contributed by atoms with Gasteiger partial charge >= 0.3 is 0 Å². The molecule has 0 amide bonds. The van der Waals surface area contributed by atoms with Crippen LogP contribution in [0.1, 0.15) is 32.4 Å². The van der Waals surface area contributed by atoms with Gasteiger partial charge in [0.15, 0.2) is 0 Å². The Labute approximate surface area is 121 Å². The number of aromatic amines is 1. The third-order valence-corrected chi connectivity index (χ3v) is 4.42. The average molecular weight is 303 g/mol. The second kappa shape index (κ2) is 8.41. The molecule has 0 aliphatic heterocycles. The van der Waals surface area contributed by atoms with Gasteiger partial charge in [-0.25, -0.2) is 13.1 Å². The molecule has 0 spiro atoms. The van der Waals surface area contributed by atoms with Crippen molar-refractivity contribution in [3.8, 4) is 0 Å². The zero-order chi connectivity index (χ0) is 15.0. The summed E-state index contributed by atoms with van der Waals surface area (Å²) in [5.41, 5.74) is 0.853. The highest BCUT2D eigenvalue weighted by molar-refractivity contribution is 7.89. The fourth-order valence-corrected chi connectivity index (χ4v) is 3.22. The molecule has 0 aromatic carbocycles. The Morgan fingerprint density at radius 1 is 1.40 bits per heavy atom. The maximum atomic E-state index is 12.3. The van der Waals surface area contributed by atoms with Crippen molar-refractivity contribution in [1.82, 2.24) is 15.0 Å². The Morgan fingerprint density at radius 2 is 2.15 bits per heavy atom. The zero-order valence-corrected chi connectivity index (χ0v) is 13.2. The highest BCUT2D eigenvalue weighted by atomic mass is 32.2. The zero-order valence-electron chi connectivity index (χ0n) is 12.4. The highest BCUT2D eigenvalue weighted by Gasteiger charge is 2.20. The van der Waals surface area contributed by atoms with Gasteiger partial charge in [0.1, 0.15) is 0 Å². The van der Waals surface area contributed by atoms with Crippen LogP contribution in [-0.2, 0) is 21.3 Å². The minimum Gasteiger partial charge on any atom is -0.383 e. The Morgan fingerprint density at radius 3 is 2.75 bits per heavy atom. The fourth-order valence-electron chi connectivity index (χ4n) is 1.95. The number of ether oxygens (including phenoxy) is 1. The van der Waals surface area contributed by atoms with E-state index in [1.165, 1.54) is 6.20 Å². The van der Waals surface area contributed by atoms with E-state index < -0.39 is 10.0 Å². The molecule has 1 rings (SSSR count). The highest BCUT2D eigenvalue weighted by Crippen LogP contribution is 2.12. The molecule has 0 fully saturated rings. The summed E-state index contributed by atoms with van der Waals surface area (Å²) in [5.74, 6) is 0. The van der Waals surface area contributed by atoms with Crippen LogP contribution in [0.5, 0.6) is 0 Å². The Bertz CT molecular complexity index is 479. The van der Waals surface area contributed by atoms with Crippen LogP contribution in [0.15, 0.2) is 17.2 Å². The predicted molar refractivity (Wildman–Crippen MR) is 79.1 cm³/mol. The number of H-pyrrole nitrogens is 1. The lowest BCUT2D eigenvalue weighted by atomic mass is 10.2. The van der Waals surface area contributed by atoms with E-state index >= 15 is 0 Å². The summed E-state index contributed by atoms with van der Waals surface area (Å²) in [5, 5.41) is 3.14. The second-order valence-electron chi connectivity index (χ2n) is 4.70. The molecule has 116 valence electrons. The monoisotopic (exact) mass is 303 g/mol. The maximum Gasteiger partial charge on any atom is 0.242 e. The van der Waals surface area contributed by atoms with Crippen LogP contribution in [0.25, 0.3) is 0 Å². The second-order valence-corrected chi connectivity index (χ2v) is 6.42. The third kappa shape index (κ3) is 5.24. The molecule has 7 heteroatoms. The van der Waals surface area contributed by atoms with Gasteiger partial charge in [0.2, 0.25) is 10.0 Å². The van der Waals surface area contributed by atoms with Crippen LogP contribution in [0, 0.1) is 0 Å². The van der Waals surface area contributed by atoms with E-state index in [0.717, 1.165) is 25.1 Å². The molecule has 20 heavy (non-hydrogen) atoms. The molecular weight excluding hydrogens is 278 g/mol. The van der Waals surface area contributed by atoms with Crippen molar-refractivity contribution in [2.75, 3.05) is 20.3 Å². The van der Waals surface area contributed by atoms with E-state index in [4.69, 9.17) is 4.74 Å². The van der Waals surface area contributed by atoms with E-state index in [0.29, 0.717) is 13.2 Å². The molecule has 0 radical (unpaired) electrons. The largest absolute Gasteiger partial charge is 0.383 e. The summed E-state index contributed by atoms with van der Waals surface area (Å²) < 4.78 is 32.3. The van der Waals surface area contributed by atoms with E-state index in [1.54, 1.807) is 13.2 Å². The van der Waals surface area contributed by atoms with Gasteiger partial charge in [-0.1, -0.05) is 20.3 Å². The van der Waals surface area contributed by atoms with Crippen LogP contribution in [-0.4, -0.2) is 39.7 Å². The summed E-state index contributed by atoms with van der Waals surface area (Å²) >= 11 is 0. The van der Waals surface area contributed by atoms with Gasteiger partial charge in [-0.3, -0.25) is 0 Å². The Kier molecular flexibility index (Phi) is 7.22. The van der Waals surface area contributed by atoms with Crippen molar-refractivity contribution in [3.05, 3.63) is 18.0 Å². The number of hydrogen-bond donors (Lipinski definition) is 3. The van der Waals surface area contributed by atoms with E-state index in [2.05, 4.69) is 15.0 Å². The molecule has 1 heterocycles. The van der Waals surface area contributed by atoms with E-state index in [9.17, 15) is 8.42 Å². The lowest BCUT2D eigenvalue weighted by Crippen LogP contribution is -2.37. The molecule has 0 aliphatic carbocycles. The number of aromatic nitrogens is 1. The molecule has 1 atom stereocenters. The summed E-state index contributed by atoms with van der Waals surface area (Å²) in [6.07, 6.45) is 3.17. The number of sulfonamides is 1. The number of methoxy groups -OCH3 is 1. The van der Waals surface area contributed by atoms with Gasteiger partial charge in [0.25, 0.3) is 0 Å². The van der Waals surface area contributed by atoms with Crippen molar-refractivity contribution >= 4 is 10.0 Å². The lowest BCUT2D eigenvalue weighted by Gasteiger charge is -2.16. The predicted octanol–water partition coefficient (Wildman–Crippen LogP) is 1.22. The molecule has 1 unspecified atom stereocenters. The van der Waals surface area contributed by atoms with Gasteiger partial charge in [0.05, 0.1) is 11.5 Å². The van der Waals surface area contributed by atoms with Crippen LogP contribution < -0.4 is 10.0 Å². The molecule has 3 N–H and O–H groups in total. The summed E-state index contributed by atoms with van der Waals surface area (Å²) in [6, 6.07) is 1.46. The number of rotatable bonds is 10. The van der Waals surface area contributed by atoms with E-state index in [1.807, 2.05) is 13.8 Å². The van der Waals surface area contributed by atoms with Crippen molar-refractivity contribution in [1.29, 1.82) is 0 Å². The van der Waals surface area contributed by atoms with Crippen molar-refractivity contribution in [3.63, 3.8) is 0 Å². The summed E-state index contributed by atoms with van der Waals surface area (Å²) in [6.45, 7) is 5.86. The molecule has 0 saturated carbocycles. The van der Waals surface area contributed by atoms with Crippen LogP contribution in [0.3, 0.4) is 0 Å². The standard InChI is InChI=1S/C13H25N3O3S/c1-4-6-11(10-19-3)16-20(17,18)13-7-12(15-9-13)8-14-5-2/h7,9,11,14-16H,4-6,8,10H2,1-3H3. The van der Waals surface area contributed by atoms with Crippen molar-refractivity contribution in [2.45, 2.75) is 44.2 Å². The molecule has 1 aromatic heterocycles. The molecule has 0 aliphatic rings. The SMILES string of the molecule is CCCC(COC)NS(=O)(=O)c1c[nH]c(CNCC)c1. The van der Waals surface area contributed by atoms with Gasteiger partial charge in [0, 0.05) is 31.6 Å². The van der Waals surface area contributed by atoms with Gasteiger partial charge in [-0.05, 0) is 19.0 Å². The molecular formula is C13H25N3O3S. The molecule has 0 saturated heterocycles. The number of nitrogens with one attached hydrogen (secondary N) is 3. The molecule has 0 bridgehead atoms. The fraction of sp³-hybridized carbons (Fsp3) is 0.692.